The Hall–Kier alpha value is -0.0000000000000000555. The third-order valence-corrected chi connectivity index (χ3v) is 2.10. The second-order valence-corrected chi connectivity index (χ2v) is 3.87. The lowest BCUT2D eigenvalue weighted by molar-refractivity contribution is 0.526. The van der Waals surface area contributed by atoms with Gasteiger partial charge in [-0.25, -0.2) is 0 Å². The second kappa shape index (κ2) is 3.92. The van der Waals surface area contributed by atoms with E-state index in [0.717, 1.165) is 18.3 Å². The number of rotatable bonds is 4. The van der Waals surface area contributed by atoms with Gasteiger partial charge in [0.25, 0.3) is 10.1 Å². The lowest BCUT2D eigenvalue weighted by atomic mass is 10.8. The van der Waals surface area contributed by atoms with Crippen LogP contribution in [0.15, 0.2) is 12.7 Å². The van der Waals surface area contributed by atoms with Gasteiger partial charge >= 0.3 is 0 Å². The van der Waals surface area contributed by atoms with E-state index in [1.54, 1.807) is 6.08 Å². The molecule has 0 N–H and O–H groups in total. The molecule has 0 saturated heterocycles. The minimum absolute atomic E-state index is 0.479. The molecule has 0 aromatic carbocycles. The molecule has 0 amide bonds. The van der Waals surface area contributed by atoms with Gasteiger partial charge in [0.2, 0.25) is 0 Å². The molecule has 0 saturated carbocycles. The summed E-state index contributed by atoms with van der Waals surface area (Å²) in [4.78, 5) is 0. The molecule has 0 aliphatic carbocycles. The highest BCUT2D eigenvalue weighted by Gasteiger charge is 1.99. The van der Waals surface area contributed by atoms with Crippen LogP contribution in [-0.2, 0) is 13.7 Å². The Morgan fingerprint density at radius 3 is 2.67 bits per heavy atom. The van der Waals surface area contributed by atoms with Crippen LogP contribution in [0.3, 0.4) is 0 Å². The van der Waals surface area contributed by atoms with Crippen molar-refractivity contribution < 1.29 is 12.0 Å². The van der Waals surface area contributed by atoms with Crippen molar-refractivity contribution in [1.29, 1.82) is 0 Å². The van der Waals surface area contributed by atoms with Crippen molar-refractivity contribution in [3.05, 3.63) is 12.7 Å². The maximum absolute atomic E-state index is 10.2. The highest BCUT2D eigenvalue weighted by atomic mass is 32.3. The van der Waals surface area contributed by atoms with Crippen LogP contribution in [0.4, 0.5) is 0 Å². The summed E-state index contributed by atoms with van der Waals surface area (Å²) in [7, 11) is -3.28. The summed E-state index contributed by atoms with van der Waals surface area (Å²) in [6.45, 7) is 3.38. The fourth-order valence-corrected chi connectivity index (χ4v) is 1.18. The lowest BCUT2D eigenvalue weighted by Crippen LogP contribution is -1.95. The molecule has 0 atom stereocenters. The summed E-state index contributed by atoms with van der Waals surface area (Å²) in [5, 5.41) is 0. The van der Waals surface area contributed by atoms with Crippen LogP contribution in [0.2, 0.25) is 0 Å². The molecular formula is C4H8O3S2. The normalized spacial score (nSPS) is 11.2. The molecule has 0 bridgehead atoms. The van der Waals surface area contributed by atoms with Crippen LogP contribution in [0, 0.1) is 0 Å². The van der Waals surface area contributed by atoms with Gasteiger partial charge in [0.1, 0.15) is 0 Å². The highest BCUT2D eigenvalue weighted by Crippen LogP contribution is 2.05. The Bertz CT molecular complexity index is 170. The average molecular weight is 168 g/mol. The first kappa shape index (κ1) is 9.00. The molecule has 0 unspecified atom stereocenters. The molecule has 3 nitrogen and oxygen atoms in total. The Kier molecular flexibility index (Phi) is 3.92. The van der Waals surface area contributed by atoms with E-state index in [2.05, 4.69) is 10.2 Å². The van der Waals surface area contributed by atoms with Gasteiger partial charge in [0, 0.05) is 17.8 Å². The van der Waals surface area contributed by atoms with E-state index in [1.807, 2.05) is 0 Å². The molecular weight excluding hydrogens is 160 g/mol. The summed E-state index contributed by atoms with van der Waals surface area (Å²) >= 11 is 0.854. The SMILES string of the molecule is C=CCSOS(C)(=O)=O. The molecule has 0 rings (SSSR count). The summed E-state index contributed by atoms with van der Waals surface area (Å²) in [6, 6.07) is 0. The summed E-state index contributed by atoms with van der Waals surface area (Å²) in [5.74, 6) is 0.479. The van der Waals surface area contributed by atoms with Gasteiger partial charge in [-0.2, -0.15) is 12.0 Å². The second-order valence-electron chi connectivity index (χ2n) is 1.35. The number of hydrogen-bond acceptors (Lipinski definition) is 4. The van der Waals surface area contributed by atoms with Crippen molar-refractivity contribution in [2.75, 3.05) is 12.0 Å². The van der Waals surface area contributed by atoms with Crippen LogP contribution in [-0.4, -0.2) is 20.4 Å². The fraction of sp³-hybridized carbons (Fsp3) is 0.500. The lowest BCUT2D eigenvalue weighted by Gasteiger charge is -1.93. The molecule has 0 aliphatic rings. The summed E-state index contributed by atoms with van der Waals surface area (Å²) in [6.07, 6.45) is 2.57. The van der Waals surface area contributed by atoms with Gasteiger partial charge in [-0.3, -0.25) is 0 Å². The fourth-order valence-electron chi connectivity index (χ4n) is 0.163. The van der Waals surface area contributed by atoms with E-state index >= 15 is 0 Å². The van der Waals surface area contributed by atoms with Crippen molar-refractivity contribution in [2.45, 2.75) is 0 Å². The predicted octanol–water partition coefficient (Wildman–Crippen LogP) is 0.797. The molecule has 5 heteroatoms. The Morgan fingerprint density at radius 2 is 2.33 bits per heavy atom. The van der Waals surface area contributed by atoms with E-state index in [4.69, 9.17) is 0 Å². The zero-order valence-electron chi connectivity index (χ0n) is 5.03. The van der Waals surface area contributed by atoms with Gasteiger partial charge in [0.15, 0.2) is 0 Å². The smallest absolute Gasteiger partial charge is 0.199 e. The average Bonchev–Trinajstić information content (AvgIpc) is 1.63. The summed E-state index contributed by atoms with van der Waals surface area (Å²) < 4.78 is 24.7. The zero-order valence-corrected chi connectivity index (χ0v) is 6.67. The molecule has 54 valence electrons. The first-order chi connectivity index (χ1) is 4.06. The molecule has 0 fully saturated rings. The van der Waals surface area contributed by atoms with Crippen LogP contribution in [0.1, 0.15) is 0 Å². The van der Waals surface area contributed by atoms with Crippen molar-refractivity contribution >= 4 is 22.2 Å². The molecule has 0 aliphatic heterocycles. The van der Waals surface area contributed by atoms with Crippen molar-refractivity contribution in [3.8, 4) is 0 Å². The van der Waals surface area contributed by atoms with Gasteiger partial charge in [-0.05, 0) is 0 Å². The first-order valence-electron chi connectivity index (χ1n) is 2.18. The predicted molar refractivity (Wildman–Crippen MR) is 38.6 cm³/mol. The van der Waals surface area contributed by atoms with E-state index in [-0.39, 0.29) is 0 Å². The van der Waals surface area contributed by atoms with E-state index in [1.165, 1.54) is 0 Å². The van der Waals surface area contributed by atoms with Crippen LogP contribution in [0.25, 0.3) is 0 Å². The van der Waals surface area contributed by atoms with Gasteiger partial charge in [0.05, 0.1) is 6.26 Å². The third-order valence-electron chi connectivity index (χ3n) is 0.358. The monoisotopic (exact) mass is 168 g/mol. The van der Waals surface area contributed by atoms with E-state index < -0.39 is 10.1 Å². The molecule has 0 aromatic heterocycles. The standard InChI is InChI=1S/C4H8O3S2/c1-3-4-8-7-9(2,5)6/h3H,1,4H2,2H3. The minimum Gasteiger partial charge on any atom is -0.199 e. The quantitative estimate of drug-likeness (QED) is 0.354. The van der Waals surface area contributed by atoms with Gasteiger partial charge < -0.3 is 0 Å². The van der Waals surface area contributed by atoms with Gasteiger partial charge in [-0.15, -0.1) is 6.58 Å². The van der Waals surface area contributed by atoms with Gasteiger partial charge in [-0.1, -0.05) is 6.08 Å². The van der Waals surface area contributed by atoms with Crippen LogP contribution < -0.4 is 0 Å². The molecule has 0 heterocycles. The van der Waals surface area contributed by atoms with Crippen LogP contribution in [0.5, 0.6) is 0 Å². The summed E-state index contributed by atoms with van der Waals surface area (Å²) in [5.41, 5.74) is 0. The van der Waals surface area contributed by atoms with Crippen LogP contribution >= 0.6 is 12.0 Å². The van der Waals surface area contributed by atoms with E-state index in [0.29, 0.717) is 5.75 Å². The minimum atomic E-state index is -3.28. The maximum atomic E-state index is 10.2. The maximum Gasteiger partial charge on any atom is 0.275 e. The van der Waals surface area contributed by atoms with Crippen molar-refractivity contribution in [2.24, 2.45) is 0 Å². The first-order valence-corrected chi connectivity index (χ1v) is 4.91. The Morgan fingerprint density at radius 1 is 1.78 bits per heavy atom. The topological polar surface area (TPSA) is 43.4 Å². The zero-order chi connectivity index (χ0) is 7.33. The molecule has 0 aromatic rings. The van der Waals surface area contributed by atoms with Crippen molar-refractivity contribution in [3.63, 3.8) is 0 Å². The molecule has 9 heavy (non-hydrogen) atoms. The largest absolute Gasteiger partial charge is 0.275 e. The molecule has 0 radical (unpaired) electrons. The highest BCUT2D eigenvalue weighted by molar-refractivity contribution is 8.04. The number of hydrogen-bond donors (Lipinski definition) is 0. The van der Waals surface area contributed by atoms with Crippen molar-refractivity contribution in [1.82, 2.24) is 0 Å². The Balaban J connectivity index is 3.40. The Labute approximate surface area is 59.4 Å². The third kappa shape index (κ3) is 8.00. The molecule has 0 spiro atoms. The van der Waals surface area contributed by atoms with E-state index in [9.17, 15) is 8.42 Å².